The normalized spacial score (nSPS) is 27.1. The van der Waals surface area contributed by atoms with E-state index in [1.165, 1.54) is 17.7 Å². The number of aliphatic carboxylic acids is 1. The second-order valence-corrected chi connectivity index (χ2v) is 8.77. The molecule has 166 valence electrons. The molecule has 1 aliphatic carbocycles. The van der Waals surface area contributed by atoms with E-state index in [4.69, 9.17) is 9.84 Å². The van der Waals surface area contributed by atoms with E-state index in [0.717, 1.165) is 6.42 Å². The highest BCUT2D eigenvalue weighted by Crippen LogP contribution is 2.42. The summed E-state index contributed by atoms with van der Waals surface area (Å²) in [6.45, 7) is 8.27. The van der Waals surface area contributed by atoms with Gasteiger partial charge in [0.1, 0.15) is 11.7 Å². The molecule has 7 nitrogen and oxygen atoms in total. The van der Waals surface area contributed by atoms with Crippen molar-refractivity contribution in [1.82, 2.24) is 5.32 Å². The van der Waals surface area contributed by atoms with Crippen LogP contribution in [0.15, 0.2) is 35.6 Å². The maximum atomic E-state index is 12.4. The molecule has 1 aliphatic heterocycles. The Balaban J connectivity index is 1.94. The van der Waals surface area contributed by atoms with Gasteiger partial charge in [0.15, 0.2) is 6.10 Å². The first-order valence-electron chi connectivity index (χ1n) is 10.5. The van der Waals surface area contributed by atoms with Gasteiger partial charge < -0.3 is 20.3 Å². The highest BCUT2D eigenvalue weighted by molar-refractivity contribution is 6.06. The van der Waals surface area contributed by atoms with Gasteiger partial charge in [-0.3, -0.25) is 14.4 Å². The minimum absolute atomic E-state index is 0.0203. The number of carboxylic acids is 1. The van der Waals surface area contributed by atoms with Crippen LogP contribution in [-0.2, 0) is 19.1 Å². The Hall–Kier alpha value is -2.25. The van der Waals surface area contributed by atoms with Crippen molar-refractivity contribution in [1.29, 1.82) is 0 Å². The number of rotatable bonds is 11. The smallest absolute Gasteiger partial charge is 0.303 e. The number of ether oxygens (including phenoxy) is 1. The fraction of sp³-hybridized carbons (Fsp3) is 0.609. The summed E-state index contributed by atoms with van der Waals surface area (Å²) in [5, 5.41) is 22.2. The van der Waals surface area contributed by atoms with Crippen LogP contribution >= 0.6 is 0 Å². The highest BCUT2D eigenvalue weighted by atomic mass is 16.6. The summed E-state index contributed by atoms with van der Waals surface area (Å²) < 4.78 is 5.33. The van der Waals surface area contributed by atoms with Crippen molar-refractivity contribution in [2.75, 3.05) is 0 Å². The van der Waals surface area contributed by atoms with E-state index < -0.39 is 29.7 Å². The molecule has 1 saturated heterocycles. The molecule has 0 aromatic carbocycles. The summed E-state index contributed by atoms with van der Waals surface area (Å²) in [5.41, 5.74) is -0.0823. The third-order valence-electron chi connectivity index (χ3n) is 5.32. The molecule has 0 saturated carbocycles. The molecule has 2 rings (SSSR count). The Morgan fingerprint density at radius 1 is 1.27 bits per heavy atom. The first kappa shape index (κ1) is 24.0. The Kier molecular flexibility index (Phi) is 8.15. The Labute approximate surface area is 177 Å². The number of aliphatic hydroxyl groups is 1. The van der Waals surface area contributed by atoms with Crippen molar-refractivity contribution in [3.05, 3.63) is 35.6 Å². The summed E-state index contributed by atoms with van der Waals surface area (Å²) in [6.07, 6.45) is 7.50. The van der Waals surface area contributed by atoms with Crippen molar-refractivity contribution in [3.63, 3.8) is 0 Å². The van der Waals surface area contributed by atoms with Crippen molar-refractivity contribution in [2.45, 2.75) is 77.6 Å². The molecular formula is C23H33NO6. The number of ketones is 1. The van der Waals surface area contributed by atoms with E-state index in [0.29, 0.717) is 18.8 Å². The van der Waals surface area contributed by atoms with Gasteiger partial charge in [0, 0.05) is 6.42 Å². The van der Waals surface area contributed by atoms with Crippen LogP contribution < -0.4 is 5.32 Å². The van der Waals surface area contributed by atoms with Crippen LogP contribution in [0.3, 0.4) is 0 Å². The molecule has 2 aliphatic rings. The maximum Gasteiger partial charge on any atom is 0.303 e. The number of carboxylic acid groups (broad SMARTS) is 1. The predicted molar refractivity (Wildman–Crippen MR) is 112 cm³/mol. The Morgan fingerprint density at radius 2 is 1.97 bits per heavy atom. The van der Waals surface area contributed by atoms with Crippen molar-refractivity contribution in [2.24, 2.45) is 11.8 Å². The molecule has 1 fully saturated rings. The number of carbonyl (C=O) groups excluding carboxylic acids is 2. The van der Waals surface area contributed by atoms with E-state index in [1.54, 1.807) is 0 Å². The number of amides is 1. The van der Waals surface area contributed by atoms with Gasteiger partial charge in [-0.15, -0.1) is 0 Å². The monoisotopic (exact) mass is 419 g/mol. The Bertz CT molecular complexity index is 764. The SMILES string of the molecule is CC(C)=C[C@@H](C)C[C@H](C)/C=C/C(=O)NC1=C[C@@](O)(CCCCC(=O)O)[C@@H]2O[C@@H]2C1=O. The second kappa shape index (κ2) is 10.2. The minimum atomic E-state index is -1.38. The summed E-state index contributed by atoms with van der Waals surface area (Å²) >= 11 is 0. The molecule has 0 bridgehead atoms. The van der Waals surface area contributed by atoms with Crippen LogP contribution in [0, 0.1) is 11.8 Å². The molecule has 3 N–H and O–H groups in total. The van der Waals surface area contributed by atoms with Crippen molar-refractivity contribution in [3.8, 4) is 0 Å². The molecular weight excluding hydrogens is 386 g/mol. The van der Waals surface area contributed by atoms with Crippen LogP contribution in [-0.4, -0.2) is 45.7 Å². The lowest BCUT2D eigenvalue weighted by atomic mass is 9.84. The largest absolute Gasteiger partial charge is 0.481 e. The lowest BCUT2D eigenvalue weighted by molar-refractivity contribution is -0.137. The second-order valence-electron chi connectivity index (χ2n) is 8.77. The third kappa shape index (κ3) is 6.92. The molecule has 0 unspecified atom stereocenters. The molecule has 5 atom stereocenters. The number of carbonyl (C=O) groups is 3. The zero-order valence-corrected chi connectivity index (χ0v) is 18.2. The predicted octanol–water partition coefficient (Wildman–Crippen LogP) is 2.90. The summed E-state index contributed by atoms with van der Waals surface area (Å²) in [7, 11) is 0. The average Bonchev–Trinajstić information content (AvgIpc) is 3.43. The van der Waals surface area contributed by atoms with Gasteiger partial charge in [-0.1, -0.05) is 31.6 Å². The van der Waals surface area contributed by atoms with E-state index in [1.807, 2.05) is 13.0 Å². The number of Topliss-reactive ketones (excluding diaryl/α,β-unsaturated/α-hetero) is 1. The number of nitrogens with one attached hydrogen (secondary N) is 1. The first-order chi connectivity index (χ1) is 14.0. The van der Waals surface area contributed by atoms with Crippen molar-refractivity contribution >= 4 is 17.7 Å². The van der Waals surface area contributed by atoms with E-state index in [2.05, 4.69) is 32.2 Å². The number of allylic oxidation sites excluding steroid dienone is 3. The van der Waals surface area contributed by atoms with Gasteiger partial charge >= 0.3 is 5.97 Å². The van der Waals surface area contributed by atoms with Gasteiger partial charge in [0.25, 0.3) is 0 Å². The van der Waals surface area contributed by atoms with Gasteiger partial charge in [-0.25, -0.2) is 0 Å². The molecule has 7 heteroatoms. The van der Waals surface area contributed by atoms with E-state index in [-0.39, 0.29) is 30.2 Å². The van der Waals surface area contributed by atoms with Gasteiger partial charge in [0.05, 0.1) is 5.70 Å². The van der Waals surface area contributed by atoms with Crippen LogP contribution in [0.1, 0.15) is 59.8 Å². The zero-order chi connectivity index (χ0) is 22.5. The zero-order valence-electron chi connectivity index (χ0n) is 18.2. The molecule has 1 amide bonds. The Morgan fingerprint density at radius 3 is 2.60 bits per heavy atom. The topological polar surface area (TPSA) is 116 Å². The van der Waals surface area contributed by atoms with E-state index >= 15 is 0 Å². The number of hydrogen-bond acceptors (Lipinski definition) is 5. The molecule has 0 aromatic rings. The summed E-state index contributed by atoms with van der Waals surface area (Å²) in [4.78, 5) is 35.3. The number of fused-ring (bicyclic) bond motifs is 1. The van der Waals surface area contributed by atoms with Crippen molar-refractivity contribution < 1.29 is 29.3 Å². The fourth-order valence-corrected chi connectivity index (χ4v) is 3.97. The van der Waals surface area contributed by atoms with Crippen LogP contribution in [0.2, 0.25) is 0 Å². The molecule has 1 heterocycles. The van der Waals surface area contributed by atoms with Crippen LogP contribution in [0.4, 0.5) is 0 Å². The first-order valence-corrected chi connectivity index (χ1v) is 10.5. The highest BCUT2D eigenvalue weighted by Gasteiger charge is 2.60. The summed E-state index contributed by atoms with van der Waals surface area (Å²) in [5.74, 6) is -1.06. The van der Waals surface area contributed by atoms with Gasteiger partial charge in [0.2, 0.25) is 11.7 Å². The maximum absolute atomic E-state index is 12.4. The number of hydrogen-bond donors (Lipinski definition) is 3. The molecule has 0 aromatic heterocycles. The number of epoxide rings is 1. The van der Waals surface area contributed by atoms with E-state index in [9.17, 15) is 19.5 Å². The molecule has 0 spiro atoms. The number of unbranched alkanes of at least 4 members (excludes halogenated alkanes) is 1. The lowest BCUT2D eigenvalue weighted by Crippen LogP contribution is -2.43. The lowest BCUT2D eigenvalue weighted by Gasteiger charge is -2.26. The standard InChI is InChI=1S/C23H33NO6/c1-14(2)11-16(4)12-15(3)8-9-18(25)24-17-13-23(29,10-6-5-7-19(26)27)22-21(30-22)20(17)28/h8-9,11,13,15-16,21-22,29H,5-7,10,12H2,1-4H3,(H,24,25)(H,26,27)/b9-8+/t15-,16-,21-,22-,23+/m1/s1. The summed E-state index contributed by atoms with van der Waals surface area (Å²) in [6, 6.07) is 0. The van der Waals surface area contributed by atoms with Gasteiger partial charge in [-0.05, 0) is 63.5 Å². The van der Waals surface area contributed by atoms with Crippen LogP contribution in [0.25, 0.3) is 0 Å². The fourth-order valence-electron chi connectivity index (χ4n) is 3.97. The minimum Gasteiger partial charge on any atom is -0.481 e. The third-order valence-corrected chi connectivity index (χ3v) is 5.32. The average molecular weight is 420 g/mol. The molecule has 0 radical (unpaired) electrons. The quantitative estimate of drug-likeness (QED) is 0.205. The molecule has 30 heavy (non-hydrogen) atoms. The van der Waals surface area contributed by atoms with Crippen LogP contribution in [0.5, 0.6) is 0 Å². The van der Waals surface area contributed by atoms with Gasteiger partial charge in [-0.2, -0.15) is 0 Å².